The molecular weight excluding hydrogens is 160 g/mol. The molecule has 0 aromatic heterocycles. The number of rotatable bonds is 6. The van der Waals surface area contributed by atoms with Crippen LogP contribution in [0.15, 0.2) is 0 Å². The lowest BCUT2D eigenvalue weighted by atomic mass is 9.96. The van der Waals surface area contributed by atoms with E-state index in [9.17, 15) is 0 Å². The number of hydrogen-bond donors (Lipinski definition) is 2. The lowest BCUT2D eigenvalue weighted by Gasteiger charge is -2.22. The van der Waals surface area contributed by atoms with Gasteiger partial charge in [-0.2, -0.15) is 0 Å². The van der Waals surface area contributed by atoms with Crippen molar-refractivity contribution in [3.05, 3.63) is 0 Å². The van der Waals surface area contributed by atoms with Crippen LogP contribution in [0.5, 0.6) is 0 Å². The van der Waals surface area contributed by atoms with Crippen molar-refractivity contribution in [2.75, 3.05) is 26.2 Å². The molecule has 1 atom stereocenters. The summed E-state index contributed by atoms with van der Waals surface area (Å²) in [5.41, 5.74) is 0. The Hall–Kier alpha value is -0.0800. The Labute approximate surface area is 82.5 Å². The first-order valence-corrected chi connectivity index (χ1v) is 5.85. The Morgan fingerprint density at radius 3 is 3.00 bits per heavy atom. The molecule has 0 amide bonds. The third-order valence-electron chi connectivity index (χ3n) is 2.84. The monoisotopic (exact) mass is 184 g/mol. The van der Waals surface area contributed by atoms with E-state index in [1.807, 2.05) is 0 Å². The first kappa shape index (κ1) is 11.0. The Morgan fingerprint density at radius 2 is 2.31 bits per heavy atom. The van der Waals surface area contributed by atoms with Crippen molar-refractivity contribution in [2.45, 2.75) is 39.0 Å². The van der Waals surface area contributed by atoms with Crippen LogP contribution in [-0.4, -0.2) is 26.2 Å². The Balaban J connectivity index is 1.86. The fraction of sp³-hybridized carbons (Fsp3) is 1.00. The van der Waals surface area contributed by atoms with Gasteiger partial charge in [-0.15, -0.1) is 0 Å². The minimum Gasteiger partial charge on any atom is -0.317 e. The first-order chi connectivity index (χ1) is 6.43. The van der Waals surface area contributed by atoms with E-state index in [0.29, 0.717) is 0 Å². The van der Waals surface area contributed by atoms with E-state index in [2.05, 4.69) is 17.6 Å². The van der Waals surface area contributed by atoms with Gasteiger partial charge >= 0.3 is 0 Å². The molecule has 1 unspecified atom stereocenters. The minimum atomic E-state index is 0.933. The number of hydrogen-bond acceptors (Lipinski definition) is 2. The smallest absolute Gasteiger partial charge is 0.00200 e. The summed E-state index contributed by atoms with van der Waals surface area (Å²) >= 11 is 0. The van der Waals surface area contributed by atoms with Crippen molar-refractivity contribution in [3.63, 3.8) is 0 Å². The van der Waals surface area contributed by atoms with Crippen LogP contribution in [0.4, 0.5) is 0 Å². The molecule has 13 heavy (non-hydrogen) atoms. The first-order valence-electron chi connectivity index (χ1n) is 5.85. The molecule has 2 nitrogen and oxygen atoms in total. The molecule has 1 aliphatic rings. The highest BCUT2D eigenvalue weighted by molar-refractivity contribution is 4.69. The summed E-state index contributed by atoms with van der Waals surface area (Å²) in [5, 5.41) is 6.96. The molecule has 78 valence electrons. The molecule has 1 fully saturated rings. The standard InChI is InChI=1S/C11H24N2/c1-2-3-7-12-9-6-11-5-4-8-13-10-11/h11-13H,2-10H2,1H3. The van der Waals surface area contributed by atoms with Crippen LogP contribution in [0, 0.1) is 5.92 Å². The molecular formula is C11H24N2. The molecule has 1 aliphatic heterocycles. The largest absolute Gasteiger partial charge is 0.317 e. The fourth-order valence-electron chi connectivity index (χ4n) is 1.90. The van der Waals surface area contributed by atoms with Gasteiger partial charge in [0.15, 0.2) is 0 Å². The molecule has 2 N–H and O–H groups in total. The summed E-state index contributed by atoms with van der Waals surface area (Å²) in [4.78, 5) is 0. The third-order valence-corrected chi connectivity index (χ3v) is 2.84. The SMILES string of the molecule is CCCCNCCC1CCCNC1. The highest BCUT2D eigenvalue weighted by Gasteiger charge is 2.11. The van der Waals surface area contributed by atoms with Crippen LogP contribution < -0.4 is 10.6 Å². The molecule has 0 saturated carbocycles. The summed E-state index contributed by atoms with van der Waals surface area (Å²) in [5.74, 6) is 0.933. The molecule has 0 aliphatic carbocycles. The van der Waals surface area contributed by atoms with Crippen molar-refractivity contribution in [2.24, 2.45) is 5.92 Å². The average Bonchev–Trinajstić information content (AvgIpc) is 2.19. The van der Waals surface area contributed by atoms with Gasteiger partial charge in [-0.3, -0.25) is 0 Å². The number of nitrogens with one attached hydrogen (secondary N) is 2. The maximum Gasteiger partial charge on any atom is -0.00200 e. The zero-order valence-corrected chi connectivity index (χ0v) is 8.94. The van der Waals surface area contributed by atoms with E-state index < -0.39 is 0 Å². The van der Waals surface area contributed by atoms with Gasteiger partial charge in [-0.25, -0.2) is 0 Å². The second-order valence-corrected chi connectivity index (χ2v) is 4.10. The van der Waals surface area contributed by atoms with Gasteiger partial charge < -0.3 is 10.6 Å². The van der Waals surface area contributed by atoms with Crippen molar-refractivity contribution >= 4 is 0 Å². The highest BCUT2D eigenvalue weighted by atomic mass is 14.9. The normalized spacial score (nSPS) is 23.3. The van der Waals surface area contributed by atoms with Crippen molar-refractivity contribution in [1.82, 2.24) is 10.6 Å². The molecule has 0 aromatic carbocycles. The van der Waals surface area contributed by atoms with E-state index in [0.717, 1.165) is 5.92 Å². The maximum absolute atomic E-state index is 3.51. The van der Waals surface area contributed by atoms with Crippen LogP contribution in [-0.2, 0) is 0 Å². The summed E-state index contributed by atoms with van der Waals surface area (Å²) < 4.78 is 0. The van der Waals surface area contributed by atoms with Crippen LogP contribution in [0.1, 0.15) is 39.0 Å². The average molecular weight is 184 g/mol. The fourth-order valence-corrected chi connectivity index (χ4v) is 1.90. The second-order valence-electron chi connectivity index (χ2n) is 4.10. The van der Waals surface area contributed by atoms with E-state index in [-0.39, 0.29) is 0 Å². The van der Waals surface area contributed by atoms with Gasteiger partial charge in [0.05, 0.1) is 0 Å². The van der Waals surface area contributed by atoms with Gasteiger partial charge in [-0.1, -0.05) is 13.3 Å². The van der Waals surface area contributed by atoms with Gasteiger partial charge in [-0.05, 0) is 57.8 Å². The quantitative estimate of drug-likeness (QED) is 0.615. The van der Waals surface area contributed by atoms with Gasteiger partial charge in [0, 0.05) is 0 Å². The molecule has 1 rings (SSSR count). The zero-order chi connectivity index (χ0) is 9.36. The predicted octanol–water partition coefficient (Wildman–Crippen LogP) is 1.77. The number of piperidine rings is 1. The number of unbranched alkanes of at least 4 members (excludes halogenated alkanes) is 1. The van der Waals surface area contributed by atoms with E-state index in [1.54, 1.807) is 0 Å². The third kappa shape index (κ3) is 5.27. The van der Waals surface area contributed by atoms with E-state index in [4.69, 9.17) is 0 Å². The van der Waals surface area contributed by atoms with Crippen molar-refractivity contribution in [1.29, 1.82) is 0 Å². The zero-order valence-electron chi connectivity index (χ0n) is 8.94. The van der Waals surface area contributed by atoms with Crippen LogP contribution in [0.25, 0.3) is 0 Å². The van der Waals surface area contributed by atoms with Crippen LogP contribution in [0.2, 0.25) is 0 Å². The van der Waals surface area contributed by atoms with E-state index >= 15 is 0 Å². The molecule has 0 radical (unpaired) electrons. The van der Waals surface area contributed by atoms with Crippen LogP contribution in [0.3, 0.4) is 0 Å². The predicted molar refractivity (Wildman–Crippen MR) is 58.0 cm³/mol. The Kier molecular flexibility index (Phi) is 6.21. The molecule has 1 saturated heterocycles. The summed E-state index contributed by atoms with van der Waals surface area (Å²) in [7, 11) is 0. The Morgan fingerprint density at radius 1 is 1.38 bits per heavy atom. The minimum absolute atomic E-state index is 0.933. The summed E-state index contributed by atoms with van der Waals surface area (Å²) in [6.07, 6.45) is 6.79. The lowest BCUT2D eigenvalue weighted by Crippen LogP contribution is -2.31. The van der Waals surface area contributed by atoms with Gasteiger partial charge in [0.25, 0.3) is 0 Å². The van der Waals surface area contributed by atoms with Crippen LogP contribution >= 0.6 is 0 Å². The molecule has 2 heteroatoms. The van der Waals surface area contributed by atoms with E-state index in [1.165, 1.54) is 58.3 Å². The highest BCUT2D eigenvalue weighted by Crippen LogP contribution is 2.12. The molecule has 0 aromatic rings. The second kappa shape index (κ2) is 7.34. The van der Waals surface area contributed by atoms with Crippen molar-refractivity contribution in [3.8, 4) is 0 Å². The molecule has 0 spiro atoms. The summed E-state index contributed by atoms with van der Waals surface area (Å²) in [6, 6.07) is 0. The topological polar surface area (TPSA) is 24.1 Å². The Bertz CT molecular complexity index is 109. The summed E-state index contributed by atoms with van der Waals surface area (Å²) in [6.45, 7) is 7.14. The maximum atomic E-state index is 3.51. The van der Waals surface area contributed by atoms with Crippen molar-refractivity contribution < 1.29 is 0 Å². The van der Waals surface area contributed by atoms with Gasteiger partial charge in [0.1, 0.15) is 0 Å². The molecule has 0 bridgehead atoms. The molecule has 1 heterocycles. The van der Waals surface area contributed by atoms with Gasteiger partial charge in [0.2, 0.25) is 0 Å². The lowest BCUT2D eigenvalue weighted by molar-refractivity contribution is 0.352.